The first-order valence-electron chi connectivity index (χ1n) is 11.9. The van der Waals surface area contributed by atoms with Gasteiger partial charge in [-0.25, -0.2) is 0 Å². The fourth-order valence-electron chi connectivity index (χ4n) is 5.17. The van der Waals surface area contributed by atoms with Crippen LogP contribution < -0.4 is 15.0 Å². The van der Waals surface area contributed by atoms with Crippen molar-refractivity contribution in [1.29, 1.82) is 0 Å². The number of hydrogen-bond donors (Lipinski definition) is 1. The average Bonchev–Trinajstić information content (AvgIpc) is 2.80. The molecule has 0 amide bonds. The smallest absolute Gasteiger partial charge is 0.144 e. The van der Waals surface area contributed by atoms with Gasteiger partial charge in [0.15, 0.2) is 0 Å². The number of benzene rings is 1. The first-order valence-corrected chi connectivity index (χ1v) is 11.9. The Morgan fingerprint density at radius 3 is 2.43 bits per heavy atom. The number of ether oxygens (including phenoxy) is 2. The number of likely N-dealkylation sites (N-methyl/N-ethyl adjacent to an activating group) is 1. The molecule has 0 saturated carbocycles. The second-order valence-corrected chi connectivity index (χ2v) is 9.23. The van der Waals surface area contributed by atoms with Gasteiger partial charge in [0.2, 0.25) is 0 Å². The number of nitrogens with zero attached hydrogens (tertiary/aromatic N) is 3. The highest BCUT2D eigenvalue weighted by Gasteiger charge is 2.28. The molecule has 3 aliphatic rings. The van der Waals surface area contributed by atoms with Gasteiger partial charge < -0.3 is 24.6 Å². The molecule has 0 aromatic heterocycles. The minimum absolute atomic E-state index is 0.391. The SMILES string of the molecule is CCC1CCC(Nc2ccc(N3CCC(N4CCN(C)CC4)CC3)c(OC)c2)CO1. The number of piperazine rings is 1. The molecule has 1 aromatic rings. The van der Waals surface area contributed by atoms with Crippen molar-refractivity contribution < 1.29 is 9.47 Å². The summed E-state index contributed by atoms with van der Waals surface area (Å²) in [6.07, 6.45) is 6.35. The number of methoxy groups -OCH3 is 1. The van der Waals surface area contributed by atoms with Crippen LogP contribution in [-0.2, 0) is 4.74 Å². The second kappa shape index (κ2) is 10.2. The molecular formula is C24H40N4O2. The Morgan fingerprint density at radius 1 is 1.03 bits per heavy atom. The van der Waals surface area contributed by atoms with Crippen molar-refractivity contribution >= 4 is 11.4 Å². The quantitative estimate of drug-likeness (QED) is 0.768. The lowest BCUT2D eigenvalue weighted by Gasteiger charge is -2.42. The maximum atomic E-state index is 5.94. The Balaban J connectivity index is 1.32. The minimum Gasteiger partial charge on any atom is -0.495 e. The topological polar surface area (TPSA) is 40.2 Å². The third-order valence-electron chi connectivity index (χ3n) is 7.24. The van der Waals surface area contributed by atoms with E-state index in [2.05, 4.69) is 52.2 Å². The monoisotopic (exact) mass is 416 g/mol. The maximum absolute atomic E-state index is 5.94. The van der Waals surface area contributed by atoms with E-state index in [0.717, 1.165) is 50.0 Å². The Hall–Kier alpha value is -1.50. The molecule has 2 atom stereocenters. The van der Waals surface area contributed by atoms with Gasteiger partial charge in [0.1, 0.15) is 5.75 Å². The number of hydrogen-bond acceptors (Lipinski definition) is 6. The number of nitrogens with one attached hydrogen (secondary N) is 1. The van der Waals surface area contributed by atoms with Crippen molar-refractivity contribution in [3.8, 4) is 5.75 Å². The summed E-state index contributed by atoms with van der Waals surface area (Å²) in [6.45, 7) is 10.0. The molecule has 2 unspecified atom stereocenters. The van der Waals surface area contributed by atoms with E-state index in [-0.39, 0.29) is 0 Å². The zero-order valence-corrected chi connectivity index (χ0v) is 19.1. The number of rotatable bonds is 6. The summed E-state index contributed by atoms with van der Waals surface area (Å²) >= 11 is 0. The number of anilines is 2. The molecule has 1 N–H and O–H groups in total. The summed E-state index contributed by atoms with van der Waals surface area (Å²) < 4.78 is 11.7. The Morgan fingerprint density at radius 2 is 1.80 bits per heavy atom. The molecule has 3 heterocycles. The van der Waals surface area contributed by atoms with Gasteiger partial charge in [0.25, 0.3) is 0 Å². The zero-order chi connectivity index (χ0) is 20.9. The Bertz CT molecular complexity index is 661. The highest BCUT2D eigenvalue weighted by Crippen LogP contribution is 2.34. The molecule has 6 heteroatoms. The van der Waals surface area contributed by atoms with Crippen molar-refractivity contribution in [1.82, 2.24) is 9.80 Å². The summed E-state index contributed by atoms with van der Waals surface area (Å²) in [5, 5.41) is 3.65. The Labute approximate surface area is 182 Å². The van der Waals surface area contributed by atoms with Gasteiger partial charge in [-0.05, 0) is 51.3 Å². The molecule has 0 bridgehead atoms. The highest BCUT2D eigenvalue weighted by atomic mass is 16.5. The van der Waals surface area contributed by atoms with Crippen LogP contribution in [0, 0.1) is 0 Å². The first kappa shape index (κ1) is 21.7. The van der Waals surface area contributed by atoms with Crippen LogP contribution in [-0.4, -0.2) is 88.0 Å². The van der Waals surface area contributed by atoms with Crippen LogP contribution in [0.25, 0.3) is 0 Å². The van der Waals surface area contributed by atoms with Crippen LogP contribution in [0.3, 0.4) is 0 Å². The van der Waals surface area contributed by atoms with Crippen molar-refractivity contribution in [3.05, 3.63) is 18.2 Å². The third-order valence-corrected chi connectivity index (χ3v) is 7.24. The van der Waals surface area contributed by atoms with Crippen molar-refractivity contribution in [2.24, 2.45) is 0 Å². The van der Waals surface area contributed by atoms with E-state index in [1.165, 1.54) is 51.1 Å². The summed E-state index contributed by atoms with van der Waals surface area (Å²) in [5.74, 6) is 0.973. The number of piperidine rings is 1. The van der Waals surface area contributed by atoms with E-state index < -0.39 is 0 Å². The van der Waals surface area contributed by atoms with E-state index in [1.54, 1.807) is 7.11 Å². The molecule has 0 radical (unpaired) electrons. The summed E-state index contributed by atoms with van der Waals surface area (Å²) in [5.41, 5.74) is 2.36. The van der Waals surface area contributed by atoms with Crippen LogP contribution >= 0.6 is 0 Å². The van der Waals surface area contributed by atoms with Crippen LogP contribution in [0.15, 0.2) is 18.2 Å². The molecule has 3 aliphatic heterocycles. The first-order chi connectivity index (χ1) is 14.7. The van der Waals surface area contributed by atoms with Gasteiger partial charge in [0, 0.05) is 63.1 Å². The van der Waals surface area contributed by atoms with E-state index >= 15 is 0 Å². The second-order valence-electron chi connectivity index (χ2n) is 9.23. The predicted molar refractivity (Wildman–Crippen MR) is 124 cm³/mol. The maximum Gasteiger partial charge on any atom is 0.144 e. The minimum atomic E-state index is 0.391. The molecule has 1 aromatic carbocycles. The van der Waals surface area contributed by atoms with Crippen molar-refractivity contribution in [3.63, 3.8) is 0 Å². The van der Waals surface area contributed by atoms with Gasteiger partial charge in [-0.3, -0.25) is 4.90 Å². The Kier molecular flexibility index (Phi) is 7.39. The van der Waals surface area contributed by atoms with Gasteiger partial charge in [-0.15, -0.1) is 0 Å². The largest absolute Gasteiger partial charge is 0.495 e. The fraction of sp³-hybridized carbons (Fsp3) is 0.750. The van der Waals surface area contributed by atoms with Crippen LogP contribution in [0.2, 0.25) is 0 Å². The third kappa shape index (κ3) is 5.21. The lowest BCUT2D eigenvalue weighted by Crippen LogP contribution is -2.52. The van der Waals surface area contributed by atoms with Crippen LogP contribution in [0.1, 0.15) is 39.0 Å². The van der Waals surface area contributed by atoms with E-state index in [9.17, 15) is 0 Å². The fourth-order valence-corrected chi connectivity index (χ4v) is 5.17. The molecular weight excluding hydrogens is 376 g/mol. The van der Waals surface area contributed by atoms with Gasteiger partial charge in [-0.2, -0.15) is 0 Å². The molecule has 3 fully saturated rings. The molecule has 6 nitrogen and oxygen atoms in total. The van der Waals surface area contributed by atoms with E-state index in [4.69, 9.17) is 9.47 Å². The molecule has 0 aliphatic carbocycles. The van der Waals surface area contributed by atoms with Crippen LogP contribution in [0.5, 0.6) is 5.75 Å². The normalized spacial score (nSPS) is 27.2. The molecule has 0 spiro atoms. The lowest BCUT2D eigenvalue weighted by atomic mass is 10.0. The van der Waals surface area contributed by atoms with E-state index in [1.807, 2.05) is 0 Å². The molecule has 4 rings (SSSR count). The predicted octanol–water partition coefficient (Wildman–Crippen LogP) is 3.28. The molecule has 168 valence electrons. The highest BCUT2D eigenvalue weighted by molar-refractivity contribution is 5.65. The van der Waals surface area contributed by atoms with Gasteiger partial charge in [-0.1, -0.05) is 6.92 Å². The van der Waals surface area contributed by atoms with E-state index in [0.29, 0.717) is 12.1 Å². The molecule has 3 saturated heterocycles. The zero-order valence-electron chi connectivity index (χ0n) is 19.1. The van der Waals surface area contributed by atoms with Crippen molar-refractivity contribution in [2.75, 3.05) is 70.2 Å². The lowest BCUT2D eigenvalue weighted by molar-refractivity contribution is 0.00766. The summed E-state index contributed by atoms with van der Waals surface area (Å²) in [6, 6.07) is 7.72. The summed E-state index contributed by atoms with van der Waals surface area (Å²) in [7, 11) is 4.02. The standard InChI is InChI=1S/C24H40N4O2/c1-4-22-7-5-20(18-30-22)25-19-6-8-23(24(17-19)29-3)28-11-9-21(10-12-28)27-15-13-26(2)14-16-27/h6,8,17,20-22,25H,4-5,7,9-16,18H2,1-3H3. The molecule has 30 heavy (non-hydrogen) atoms. The summed E-state index contributed by atoms with van der Waals surface area (Å²) in [4.78, 5) is 7.65. The van der Waals surface area contributed by atoms with Crippen LogP contribution in [0.4, 0.5) is 11.4 Å². The van der Waals surface area contributed by atoms with Gasteiger partial charge >= 0.3 is 0 Å². The van der Waals surface area contributed by atoms with Gasteiger partial charge in [0.05, 0.1) is 25.5 Å². The van der Waals surface area contributed by atoms with Crippen molar-refractivity contribution in [2.45, 2.75) is 57.2 Å². The average molecular weight is 417 g/mol.